The average molecular weight is 523 g/mol. The standard InChI is InChI=1S/C25H38N2O8Si/c1-24(2,3)34-23(30)27-20(22(29)33-7)14-18(21(27)28)19(15-26(31)32)16-10-12-17(13-11-16)35-36(8,9)25(4,5)6/h10-13,18-20H,14-15H2,1-9H3/t18-,19?,20-/m0/s1. The predicted molar refractivity (Wildman–Crippen MR) is 136 cm³/mol. The number of methoxy groups -OCH3 is 1. The maximum atomic E-state index is 13.4. The molecule has 1 heterocycles. The van der Waals surface area contributed by atoms with Gasteiger partial charge in [-0.3, -0.25) is 14.9 Å². The van der Waals surface area contributed by atoms with Crippen molar-refractivity contribution in [1.82, 2.24) is 4.90 Å². The number of esters is 1. The maximum Gasteiger partial charge on any atom is 0.417 e. The Morgan fingerprint density at radius 1 is 1.14 bits per heavy atom. The average Bonchev–Trinajstić information content (AvgIpc) is 3.06. The van der Waals surface area contributed by atoms with Gasteiger partial charge in [0.1, 0.15) is 17.4 Å². The lowest BCUT2D eigenvalue weighted by Crippen LogP contribution is -2.46. The van der Waals surface area contributed by atoms with Gasteiger partial charge in [0.2, 0.25) is 20.8 Å². The van der Waals surface area contributed by atoms with E-state index in [0.29, 0.717) is 11.3 Å². The number of hydrogen-bond acceptors (Lipinski definition) is 8. The lowest BCUT2D eigenvalue weighted by Gasteiger charge is -2.36. The van der Waals surface area contributed by atoms with Gasteiger partial charge >= 0.3 is 12.1 Å². The number of nitrogens with zero attached hydrogens (tertiary/aromatic N) is 2. The van der Waals surface area contributed by atoms with Crippen molar-refractivity contribution >= 4 is 26.3 Å². The Morgan fingerprint density at radius 3 is 2.14 bits per heavy atom. The van der Waals surface area contributed by atoms with Crippen molar-refractivity contribution in [3.05, 3.63) is 39.9 Å². The molecule has 0 spiro atoms. The van der Waals surface area contributed by atoms with Crippen LogP contribution >= 0.6 is 0 Å². The first kappa shape index (κ1) is 29.3. The van der Waals surface area contributed by atoms with Crippen LogP contribution in [0.25, 0.3) is 0 Å². The van der Waals surface area contributed by atoms with E-state index in [0.717, 1.165) is 12.0 Å². The maximum absolute atomic E-state index is 13.4. The molecule has 1 fully saturated rings. The monoisotopic (exact) mass is 522 g/mol. The van der Waals surface area contributed by atoms with Crippen LogP contribution < -0.4 is 4.43 Å². The number of ether oxygens (including phenoxy) is 2. The normalized spacial score (nSPS) is 19.6. The van der Waals surface area contributed by atoms with Gasteiger partial charge in [-0.25, -0.2) is 14.5 Å². The minimum absolute atomic E-state index is 0.00981. The van der Waals surface area contributed by atoms with E-state index in [4.69, 9.17) is 13.9 Å². The molecule has 0 radical (unpaired) electrons. The van der Waals surface area contributed by atoms with Crippen molar-refractivity contribution in [1.29, 1.82) is 0 Å². The Kier molecular flexibility index (Phi) is 8.60. The molecule has 10 nitrogen and oxygen atoms in total. The molecule has 1 unspecified atom stereocenters. The van der Waals surface area contributed by atoms with Gasteiger partial charge in [0.25, 0.3) is 0 Å². The van der Waals surface area contributed by atoms with E-state index in [9.17, 15) is 24.5 Å². The van der Waals surface area contributed by atoms with Crippen LogP contribution in [0.4, 0.5) is 4.79 Å². The smallest absolute Gasteiger partial charge is 0.417 e. The Bertz CT molecular complexity index is 995. The largest absolute Gasteiger partial charge is 0.544 e. The number of imide groups is 1. The van der Waals surface area contributed by atoms with Crippen LogP contribution in [0.15, 0.2) is 24.3 Å². The molecular formula is C25H38N2O8Si. The van der Waals surface area contributed by atoms with Gasteiger partial charge in [-0.2, -0.15) is 0 Å². The van der Waals surface area contributed by atoms with Crippen LogP contribution in [0.5, 0.6) is 5.75 Å². The molecule has 11 heteroatoms. The van der Waals surface area contributed by atoms with Gasteiger partial charge in [0.15, 0.2) is 0 Å². The zero-order chi connectivity index (χ0) is 27.6. The fraction of sp³-hybridized carbons (Fsp3) is 0.640. The van der Waals surface area contributed by atoms with E-state index in [1.165, 1.54) is 0 Å². The van der Waals surface area contributed by atoms with Crippen LogP contribution in [0.3, 0.4) is 0 Å². The number of carbonyl (C=O) groups is 3. The molecule has 0 aromatic heterocycles. The summed E-state index contributed by atoms with van der Waals surface area (Å²) in [7, 11) is -0.937. The van der Waals surface area contributed by atoms with Crippen molar-refractivity contribution in [2.24, 2.45) is 5.92 Å². The van der Waals surface area contributed by atoms with Crippen LogP contribution in [0, 0.1) is 16.0 Å². The van der Waals surface area contributed by atoms with Crippen LogP contribution in [0.1, 0.15) is 59.4 Å². The highest BCUT2D eigenvalue weighted by Crippen LogP contribution is 2.40. The fourth-order valence-corrected chi connectivity index (χ4v) is 4.87. The number of amides is 2. The molecule has 200 valence electrons. The lowest BCUT2D eigenvalue weighted by atomic mass is 9.84. The molecule has 1 saturated heterocycles. The summed E-state index contributed by atoms with van der Waals surface area (Å²) >= 11 is 0. The van der Waals surface area contributed by atoms with Crippen molar-refractivity contribution in [2.45, 2.75) is 83.7 Å². The van der Waals surface area contributed by atoms with E-state index in [1.54, 1.807) is 45.0 Å². The number of nitro groups is 1. The molecule has 1 aromatic rings. The summed E-state index contributed by atoms with van der Waals surface area (Å²) in [6, 6.07) is 5.66. The second-order valence-electron chi connectivity index (χ2n) is 11.6. The molecule has 1 aliphatic rings. The predicted octanol–water partition coefficient (Wildman–Crippen LogP) is 4.76. The zero-order valence-electron chi connectivity index (χ0n) is 22.6. The quantitative estimate of drug-likeness (QED) is 0.217. The second kappa shape index (κ2) is 10.6. The van der Waals surface area contributed by atoms with Crippen molar-refractivity contribution < 1.29 is 33.2 Å². The van der Waals surface area contributed by atoms with Gasteiger partial charge in [0, 0.05) is 4.92 Å². The molecule has 1 aliphatic heterocycles. The summed E-state index contributed by atoms with van der Waals surface area (Å²) in [5.41, 5.74) is -0.363. The van der Waals surface area contributed by atoms with Gasteiger partial charge in [-0.1, -0.05) is 32.9 Å². The van der Waals surface area contributed by atoms with E-state index in [-0.39, 0.29) is 11.5 Å². The van der Waals surface area contributed by atoms with Gasteiger partial charge in [-0.05, 0) is 63.0 Å². The van der Waals surface area contributed by atoms with Gasteiger partial charge in [-0.15, -0.1) is 0 Å². The van der Waals surface area contributed by atoms with Crippen LogP contribution in [-0.2, 0) is 19.1 Å². The first-order valence-corrected chi connectivity index (χ1v) is 14.8. The summed E-state index contributed by atoms with van der Waals surface area (Å²) in [5.74, 6) is -2.69. The highest BCUT2D eigenvalue weighted by Gasteiger charge is 2.52. The summed E-state index contributed by atoms with van der Waals surface area (Å²) in [5, 5.41) is 11.6. The second-order valence-corrected chi connectivity index (χ2v) is 16.3. The summed E-state index contributed by atoms with van der Waals surface area (Å²) in [4.78, 5) is 50.5. The number of rotatable bonds is 7. The van der Waals surface area contributed by atoms with E-state index in [2.05, 4.69) is 33.9 Å². The lowest BCUT2D eigenvalue weighted by molar-refractivity contribution is -0.484. The molecule has 1 aromatic carbocycles. The third-order valence-electron chi connectivity index (χ3n) is 6.73. The first-order valence-electron chi connectivity index (χ1n) is 11.9. The molecular weight excluding hydrogens is 484 g/mol. The SMILES string of the molecule is COC(=O)[C@@H]1C[C@@H](C(C[N+](=O)[O-])c2ccc(O[Si](C)(C)C(C)(C)C)cc2)C(=O)N1C(=O)OC(C)(C)C. The molecule has 0 aliphatic carbocycles. The molecule has 2 amide bonds. The fourth-order valence-electron chi connectivity index (χ4n) is 3.84. The van der Waals surface area contributed by atoms with Crippen molar-refractivity contribution in [3.8, 4) is 5.75 Å². The van der Waals surface area contributed by atoms with Crippen molar-refractivity contribution in [3.63, 3.8) is 0 Å². The number of likely N-dealkylation sites (tertiary alicyclic amines) is 1. The van der Waals surface area contributed by atoms with Gasteiger partial charge < -0.3 is 13.9 Å². The Morgan fingerprint density at radius 2 is 1.69 bits per heavy atom. The minimum Gasteiger partial charge on any atom is -0.544 e. The highest BCUT2D eigenvalue weighted by atomic mass is 28.4. The third kappa shape index (κ3) is 6.83. The molecule has 0 N–H and O–H groups in total. The number of carbonyl (C=O) groups excluding carboxylic acids is 3. The molecule has 3 atom stereocenters. The van der Waals surface area contributed by atoms with Gasteiger partial charge in [0.05, 0.1) is 18.9 Å². The number of hydrogen-bond donors (Lipinski definition) is 0. The first-order chi connectivity index (χ1) is 16.4. The molecule has 36 heavy (non-hydrogen) atoms. The highest BCUT2D eigenvalue weighted by molar-refractivity contribution is 6.74. The zero-order valence-corrected chi connectivity index (χ0v) is 23.6. The van der Waals surface area contributed by atoms with E-state index >= 15 is 0 Å². The summed E-state index contributed by atoms with van der Waals surface area (Å²) in [6.07, 6.45) is -1.09. The van der Waals surface area contributed by atoms with E-state index < -0.39 is 61.2 Å². The Balaban J connectivity index is 2.41. The summed E-state index contributed by atoms with van der Waals surface area (Å²) in [6.45, 7) is 15.0. The number of benzene rings is 1. The molecule has 0 saturated carbocycles. The third-order valence-corrected chi connectivity index (χ3v) is 11.1. The molecule has 0 bridgehead atoms. The topological polar surface area (TPSA) is 125 Å². The summed E-state index contributed by atoms with van der Waals surface area (Å²) < 4.78 is 16.4. The minimum atomic E-state index is -2.09. The van der Waals surface area contributed by atoms with Crippen molar-refractivity contribution in [2.75, 3.05) is 13.7 Å². The Labute approximate surface area is 213 Å². The van der Waals surface area contributed by atoms with Crippen LogP contribution in [-0.4, -0.2) is 61.4 Å². The van der Waals surface area contributed by atoms with Crippen LogP contribution in [0.2, 0.25) is 18.1 Å². The Hall–Kier alpha value is -2.95. The molecule has 2 rings (SSSR count). The van der Waals surface area contributed by atoms with E-state index in [1.807, 2.05) is 0 Å².